The summed E-state index contributed by atoms with van der Waals surface area (Å²) in [7, 11) is -7.17. The first kappa shape index (κ1) is 35.3. The van der Waals surface area contributed by atoms with Gasteiger partial charge in [0.05, 0.1) is 6.61 Å². The second-order valence-electron chi connectivity index (χ2n) is 8.26. The van der Waals surface area contributed by atoms with Crippen molar-refractivity contribution < 1.29 is 57.2 Å². The molecule has 2 rings (SSSR count). The van der Waals surface area contributed by atoms with Gasteiger partial charge in [0.2, 0.25) is 0 Å². The van der Waals surface area contributed by atoms with Crippen LogP contribution in [0, 0.1) is 3.57 Å². The Bertz CT molecular complexity index is 1140. The van der Waals surface area contributed by atoms with Crippen LogP contribution in [-0.2, 0) is 10.1 Å². The summed E-state index contributed by atoms with van der Waals surface area (Å²) in [5.74, 6) is -13.7. The molecule has 39 heavy (non-hydrogen) atoms. The molecule has 0 aliphatic carbocycles. The van der Waals surface area contributed by atoms with Crippen LogP contribution in [0.15, 0.2) is 48.5 Å². The van der Waals surface area contributed by atoms with E-state index in [1.165, 1.54) is 46.8 Å². The quantitative estimate of drug-likeness (QED) is 0.104. The van der Waals surface area contributed by atoms with Crippen molar-refractivity contribution in [2.75, 3.05) is 6.61 Å². The van der Waals surface area contributed by atoms with Gasteiger partial charge in [-0.15, -0.1) is 0 Å². The van der Waals surface area contributed by atoms with Crippen molar-refractivity contribution >= 4 is 32.7 Å². The molecule has 0 saturated heterocycles. The van der Waals surface area contributed by atoms with Gasteiger partial charge in [-0.3, -0.25) is 4.55 Å². The highest BCUT2D eigenvalue weighted by Gasteiger charge is 2.85. The highest BCUT2D eigenvalue weighted by Crippen LogP contribution is 2.54. The summed E-state index contributed by atoms with van der Waals surface area (Å²) in [6.07, 6.45) is 0.667. The lowest BCUT2D eigenvalue weighted by Crippen LogP contribution is -2.63. The lowest BCUT2D eigenvalue weighted by Gasteiger charge is -2.31. The number of hydrogen-bond donors (Lipinski definition) is 1. The zero-order chi connectivity index (χ0) is 30.1. The average Bonchev–Trinajstić information content (AvgIpc) is 2.83. The maximum Gasteiger partial charge on any atom is 0.460 e. The van der Waals surface area contributed by atoms with Crippen molar-refractivity contribution in [3.8, 4) is 16.9 Å². The van der Waals surface area contributed by atoms with Crippen molar-refractivity contribution in [2.24, 2.45) is 0 Å². The van der Waals surface area contributed by atoms with Crippen LogP contribution in [0.4, 0.5) is 39.5 Å². The van der Waals surface area contributed by atoms with Gasteiger partial charge in [-0.1, -0.05) is 69.4 Å². The Kier molecular flexibility index (Phi) is 12.9. The second-order valence-corrected chi connectivity index (χ2v) is 10.9. The fourth-order valence-electron chi connectivity index (χ4n) is 3.02. The fraction of sp³-hybridized carbons (Fsp3) is 0.500. The summed E-state index contributed by atoms with van der Waals surface area (Å²) in [4.78, 5) is 0. The number of halogens is 10. The molecule has 1 N–H and O–H groups in total. The Balaban J connectivity index is 0.000000406. The van der Waals surface area contributed by atoms with Crippen LogP contribution in [-0.4, -0.2) is 42.9 Å². The van der Waals surface area contributed by atoms with Gasteiger partial charge >= 0.3 is 33.4 Å². The van der Waals surface area contributed by atoms with Gasteiger partial charge in [-0.05, 0) is 58.3 Å². The second kappa shape index (κ2) is 14.2. The molecule has 0 unspecified atom stereocenters. The molecule has 0 radical (unpaired) electrons. The molecule has 0 aromatic heterocycles. The molecule has 0 spiro atoms. The van der Waals surface area contributed by atoms with E-state index in [0.29, 0.717) is 0 Å². The van der Waals surface area contributed by atoms with Crippen LogP contribution in [0.3, 0.4) is 0 Å². The summed E-state index contributed by atoms with van der Waals surface area (Å²) in [6, 6.07) is 16.9. The van der Waals surface area contributed by atoms with Crippen LogP contribution in [0.25, 0.3) is 11.1 Å². The van der Waals surface area contributed by atoms with Crippen molar-refractivity contribution in [2.45, 2.75) is 68.7 Å². The molecular weight excluding hydrogens is 682 g/mol. The third-order valence-electron chi connectivity index (χ3n) is 5.25. The minimum atomic E-state index is -7.37. The zero-order valence-corrected chi connectivity index (χ0v) is 23.4. The number of rotatable bonds is 12. The standard InChI is InChI=1S/C20H25IO.C4HF9O3S/c1-2-3-4-5-6-9-16-22-18-14-12-17(13-15-18)19-10-7-8-11-20(19)21;5-1(6,3(9,10)11)2(7,8)4(12,13)17(14,15)16/h7-8,10-15H,2-6,9,16H2,1H3;(H,14,15,16). The minimum absolute atomic E-state index is 0.828. The van der Waals surface area contributed by atoms with E-state index in [1.54, 1.807) is 0 Å². The molecule has 0 aliphatic rings. The van der Waals surface area contributed by atoms with Gasteiger partial charge in [0.25, 0.3) is 0 Å². The molecule has 2 aromatic rings. The highest BCUT2D eigenvalue weighted by molar-refractivity contribution is 14.1. The van der Waals surface area contributed by atoms with Crippen LogP contribution < -0.4 is 4.74 Å². The van der Waals surface area contributed by atoms with Gasteiger partial charge in [-0.2, -0.15) is 47.9 Å². The molecule has 0 fully saturated rings. The van der Waals surface area contributed by atoms with Crippen LogP contribution in [0.2, 0.25) is 0 Å². The zero-order valence-electron chi connectivity index (χ0n) is 20.4. The molecule has 0 bridgehead atoms. The van der Waals surface area contributed by atoms with E-state index in [2.05, 4.69) is 78.0 Å². The van der Waals surface area contributed by atoms with E-state index in [9.17, 15) is 47.9 Å². The van der Waals surface area contributed by atoms with E-state index < -0.39 is 33.4 Å². The van der Waals surface area contributed by atoms with Gasteiger partial charge in [-0.25, -0.2) is 0 Å². The van der Waals surface area contributed by atoms with Gasteiger partial charge in [0, 0.05) is 3.57 Å². The first-order valence-electron chi connectivity index (χ1n) is 11.5. The first-order valence-corrected chi connectivity index (χ1v) is 14.0. The molecule has 2 aromatic carbocycles. The van der Waals surface area contributed by atoms with Gasteiger partial charge < -0.3 is 4.74 Å². The van der Waals surface area contributed by atoms with E-state index in [4.69, 9.17) is 9.29 Å². The number of benzene rings is 2. The Labute approximate surface area is 233 Å². The number of unbranched alkanes of at least 4 members (excludes halogenated alkanes) is 5. The minimum Gasteiger partial charge on any atom is -0.494 e. The van der Waals surface area contributed by atoms with Gasteiger partial charge in [0.15, 0.2) is 0 Å². The molecule has 0 atom stereocenters. The molecule has 0 heterocycles. The summed E-state index contributed by atoms with van der Waals surface area (Å²) < 4.78 is 141. The Hall–Kier alpha value is -1.75. The summed E-state index contributed by atoms with van der Waals surface area (Å²) in [6.45, 7) is 3.08. The van der Waals surface area contributed by atoms with Crippen molar-refractivity contribution in [1.82, 2.24) is 0 Å². The van der Waals surface area contributed by atoms with Crippen molar-refractivity contribution in [3.05, 3.63) is 52.1 Å². The molecule has 15 heteroatoms. The van der Waals surface area contributed by atoms with Crippen LogP contribution in [0.5, 0.6) is 5.75 Å². The maximum absolute atomic E-state index is 12.2. The lowest BCUT2D eigenvalue weighted by atomic mass is 10.1. The summed E-state index contributed by atoms with van der Waals surface area (Å²) in [5.41, 5.74) is 2.53. The Morgan fingerprint density at radius 2 is 1.28 bits per heavy atom. The number of ether oxygens (including phenoxy) is 1. The number of hydrogen-bond acceptors (Lipinski definition) is 3. The Morgan fingerprint density at radius 3 is 1.77 bits per heavy atom. The van der Waals surface area contributed by atoms with E-state index in [0.717, 1.165) is 18.8 Å². The van der Waals surface area contributed by atoms with E-state index >= 15 is 0 Å². The molecule has 0 saturated carbocycles. The first-order chi connectivity index (χ1) is 17.8. The SMILES string of the molecule is CCCCCCCCOc1ccc(-c2ccccc2I)cc1.O=S(=O)(O)C(F)(F)C(F)(F)C(F)(F)C(F)(F)F. The third kappa shape index (κ3) is 9.13. The largest absolute Gasteiger partial charge is 0.494 e. The third-order valence-corrected chi connectivity index (χ3v) is 7.09. The number of alkyl halides is 9. The maximum atomic E-state index is 12.2. The molecule has 0 aliphatic heterocycles. The summed E-state index contributed by atoms with van der Waals surface area (Å²) >= 11 is 2.38. The van der Waals surface area contributed by atoms with Crippen LogP contribution in [0.1, 0.15) is 45.4 Å². The van der Waals surface area contributed by atoms with Crippen molar-refractivity contribution in [3.63, 3.8) is 0 Å². The van der Waals surface area contributed by atoms with E-state index in [-0.39, 0.29) is 0 Å². The smallest absolute Gasteiger partial charge is 0.460 e. The van der Waals surface area contributed by atoms with Crippen molar-refractivity contribution in [1.29, 1.82) is 0 Å². The predicted molar refractivity (Wildman–Crippen MR) is 136 cm³/mol. The molecule has 0 amide bonds. The lowest BCUT2D eigenvalue weighted by molar-refractivity contribution is -0.382. The molecule has 222 valence electrons. The molecule has 4 nitrogen and oxygen atoms in total. The average molecular weight is 708 g/mol. The van der Waals surface area contributed by atoms with Gasteiger partial charge in [0.1, 0.15) is 5.75 Å². The monoisotopic (exact) mass is 708 g/mol. The van der Waals surface area contributed by atoms with E-state index in [1.807, 2.05) is 0 Å². The van der Waals surface area contributed by atoms with Crippen LogP contribution >= 0.6 is 22.6 Å². The molecular formula is C24H26F9IO4S. The highest BCUT2D eigenvalue weighted by atomic mass is 127. The fourth-order valence-corrected chi connectivity index (χ4v) is 4.17. The predicted octanol–water partition coefficient (Wildman–Crippen LogP) is 9.00. The summed E-state index contributed by atoms with van der Waals surface area (Å²) in [5, 5.41) is -7.00. The Morgan fingerprint density at radius 1 is 0.769 bits per heavy atom. The topological polar surface area (TPSA) is 63.6 Å². The normalized spacial score (nSPS) is 13.0.